The van der Waals surface area contributed by atoms with Crippen molar-refractivity contribution in [3.63, 3.8) is 0 Å². The predicted molar refractivity (Wildman–Crippen MR) is 84.1 cm³/mol. The Hall–Kier alpha value is -0.980. The second-order valence-electron chi connectivity index (χ2n) is 6.96. The van der Waals surface area contributed by atoms with Gasteiger partial charge < -0.3 is 5.11 Å². The number of aromatic hydroxyl groups is 1. The number of benzene rings is 1. The molecule has 1 aromatic carbocycles. The molecular weight excluding hydrogens is 244 g/mol. The first-order chi connectivity index (χ1) is 9.78. The minimum atomic E-state index is 0.442. The number of rotatable bonds is 4. The molecule has 3 rings (SSSR count). The molecule has 0 saturated heterocycles. The number of hydrogen-bond donors (Lipinski definition) is 1. The molecule has 0 aromatic heterocycles. The Morgan fingerprint density at radius 2 is 2.05 bits per heavy atom. The highest BCUT2D eigenvalue weighted by atomic mass is 16.3. The van der Waals surface area contributed by atoms with E-state index in [1.807, 2.05) is 12.1 Å². The van der Waals surface area contributed by atoms with Gasteiger partial charge in [-0.25, -0.2) is 0 Å². The van der Waals surface area contributed by atoms with Crippen LogP contribution in [-0.2, 0) is 6.42 Å². The van der Waals surface area contributed by atoms with Crippen LogP contribution in [0.15, 0.2) is 18.2 Å². The lowest BCUT2D eigenvalue weighted by Crippen LogP contribution is -2.28. The van der Waals surface area contributed by atoms with E-state index in [9.17, 15) is 5.11 Å². The van der Waals surface area contributed by atoms with E-state index in [0.29, 0.717) is 5.75 Å². The van der Waals surface area contributed by atoms with Gasteiger partial charge in [-0.15, -0.1) is 0 Å². The van der Waals surface area contributed by atoms with Crippen molar-refractivity contribution in [3.05, 3.63) is 29.3 Å². The van der Waals surface area contributed by atoms with Crippen molar-refractivity contribution in [1.82, 2.24) is 0 Å². The zero-order valence-corrected chi connectivity index (χ0v) is 12.8. The molecule has 110 valence electrons. The molecule has 1 fully saturated rings. The van der Waals surface area contributed by atoms with Crippen molar-refractivity contribution in [1.29, 1.82) is 0 Å². The Labute approximate surface area is 123 Å². The SMILES string of the molecule is CCCCC[C@@H]1CCC2CCc3cc(O)ccc3C2C1. The van der Waals surface area contributed by atoms with Gasteiger partial charge in [0.1, 0.15) is 5.75 Å². The van der Waals surface area contributed by atoms with Crippen molar-refractivity contribution in [3.8, 4) is 5.75 Å². The van der Waals surface area contributed by atoms with Gasteiger partial charge in [0.2, 0.25) is 0 Å². The number of fused-ring (bicyclic) bond motifs is 3. The third-order valence-electron chi connectivity index (χ3n) is 5.63. The minimum absolute atomic E-state index is 0.442. The number of phenols is 1. The second kappa shape index (κ2) is 6.20. The zero-order chi connectivity index (χ0) is 13.9. The van der Waals surface area contributed by atoms with E-state index in [2.05, 4.69) is 13.0 Å². The molecule has 20 heavy (non-hydrogen) atoms. The summed E-state index contributed by atoms with van der Waals surface area (Å²) in [5.74, 6) is 3.08. The van der Waals surface area contributed by atoms with E-state index in [1.165, 1.54) is 63.4 Å². The van der Waals surface area contributed by atoms with Gasteiger partial charge >= 0.3 is 0 Å². The van der Waals surface area contributed by atoms with Gasteiger partial charge in [-0.05, 0) is 66.7 Å². The molecule has 0 heterocycles. The number of unbranched alkanes of at least 4 members (excludes halogenated alkanes) is 2. The average molecular weight is 272 g/mol. The summed E-state index contributed by atoms with van der Waals surface area (Å²) in [6, 6.07) is 6.10. The van der Waals surface area contributed by atoms with Gasteiger partial charge in [0.05, 0.1) is 0 Å². The van der Waals surface area contributed by atoms with E-state index in [4.69, 9.17) is 0 Å². The van der Waals surface area contributed by atoms with E-state index in [-0.39, 0.29) is 0 Å². The van der Waals surface area contributed by atoms with Gasteiger partial charge in [-0.3, -0.25) is 0 Å². The molecular formula is C19H28O. The first kappa shape index (κ1) is 14.0. The normalized spacial score (nSPS) is 28.8. The highest BCUT2D eigenvalue weighted by Gasteiger charge is 2.34. The highest BCUT2D eigenvalue weighted by Crippen LogP contribution is 2.48. The summed E-state index contributed by atoms with van der Waals surface area (Å²) in [4.78, 5) is 0. The van der Waals surface area contributed by atoms with Gasteiger partial charge in [0.25, 0.3) is 0 Å². The van der Waals surface area contributed by atoms with E-state index in [1.54, 1.807) is 5.56 Å². The molecule has 3 atom stereocenters. The molecule has 1 aromatic rings. The van der Waals surface area contributed by atoms with Crippen LogP contribution in [0.3, 0.4) is 0 Å². The molecule has 2 aliphatic carbocycles. The standard InChI is InChI=1S/C19H28O/c1-2-3-4-5-14-6-7-15-8-9-16-13-17(20)10-11-18(16)19(15)12-14/h10-11,13-15,19-20H,2-9,12H2,1H3/t14-,15?,19?/m1/s1. The van der Waals surface area contributed by atoms with Gasteiger partial charge in [-0.1, -0.05) is 45.1 Å². The third-order valence-corrected chi connectivity index (χ3v) is 5.63. The molecule has 0 amide bonds. The first-order valence-corrected chi connectivity index (χ1v) is 8.59. The Morgan fingerprint density at radius 1 is 1.15 bits per heavy atom. The monoisotopic (exact) mass is 272 g/mol. The lowest BCUT2D eigenvalue weighted by molar-refractivity contribution is 0.204. The van der Waals surface area contributed by atoms with Crippen molar-refractivity contribution in [2.45, 2.75) is 70.6 Å². The molecule has 0 radical (unpaired) electrons. The van der Waals surface area contributed by atoms with Crippen molar-refractivity contribution >= 4 is 0 Å². The molecule has 0 bridgehead atoms. The number of aryl methyl sites for hydroxylation is 1. The van der Waals surface area contributed by atoms with E-state index >= 15 is 0 Å². The van der Waals surface area contributed by atoms with Crippen LogP contribution in [-0.4, -0.2) is 5.11 Å². The van der Waals surface area contributed by atoms with E-state index in [0.717, 1.165) is 17.8 Å². The van der Waals surface area contributed by atoms with E-state index < -0.39 is 0 Å². The summed E-state index contributed by atoms with van der Waals surface area (Å²) in [6.07, 6.45) is 12.4. The Balaban J connectivity index is 1.71. The molecule has 0 aliphatic heterocycles. The van der Waals surface area contributed by atoms with Crippen LogP contribution >= 0.6 is 0 Å². The first-order valence-electron chi connectivity index (χ1n) is 8.59. The maximum absolute atomic E-state index is 9.68. The van der Waals surface area contributed by atoms with Crippen molar-refractivity contribution in [2.24, 2.45) is 11.8 Å². The fourth-order valence-corrected chi connectivity index (χ4v) is 4.50. The molecule has 2 unspecified atom stereocenters. The third kappa shape index (κ3) is 2.87. The van der Waals surface area contributed by atoms with Gasteiger partial charge in [0, 0.05) is 0 Å². The maximum atomic E-state index is 9.68. The summed E-state index contributed by atoms with van der Waals surface area (Å²) in [5, 5.41) is 9.68. The summed E-state index contributed by atoms with van der Waals surface area (Å²) < 4.78 is 0. The molecule has 1 saturated carbocycles. The summed E-state index contributed by atoms with van der Waals surface area (Å²) >= 11 is 0. The minimum Gasteiger partial charge on any atom is -0.508 e. The molecule has 1 N–H and O–H groups in total. The van der Waals surface area contributed by atoms with Crippen LogP contribution in [0.5, 0.6) is 5.75 Å². The Kier molecular flexibility index (Phi) is 4.33. The summed E-state index contributed by atoms with van der Waals surface area (Å²) in [6.45, 7) is 2.29. The summed E-state index contributed by atoms with van der Waals surface area (Å²) in [5.41, 5.74) is 2.97. The largest absolute Gasteiger partial charge is 0.508 e. The maximum Gasteiger partial charge on any atom is 0.115 e. The quantitative estimate of drug-likeness (QED) is 0.726. The lowest BCUT2D eigenvalue weighted by atomic mass is 9.64. The summed E-state index contributed by atoms with van der Waals surface area (Å²) in [7, 11) is 0. The van der Waals surface area contributed by atoms with Crippen LogP contribution in [0.4, 0.5) is 0 Å². The predicted octanol–water partition coefficient (Wildman–Crippen LogP) is 5.42. The highest BCUT2D eigenvalue weighted by molar-refractivity contribution is 5.39. The van der Waals surface area contributed by atoms with Crippen LogP contribution in [0.2, 0.25) is 0 Å². The smallest absolute Gasteiger partial charge is 0.115 e. The average Bonchev–Trinajstić information content (AvgIpc) is 2.47. The Bertz CT molecular complexity index is 451. The number of hydrogen-bond acceptors (Lipinski definition) is 1. The van der Waals surface area contributed by atoms with Crippen molar-refractivity contribution < 1.29 is 5.11 Å². The topological polar surface area (TPSA) is 20.2 Å². The fourth-order valence-electron chi connectivity index (χ4n) is 4.50. The lowest BCUT2D eigenvalue weighted by Gasteiger charge is -2.40. The Morgan fingerprint density at radius 3 is 2.90 bits per heavy atom. The molecule has 1 heteroatoms. The van der Waals surface area contributed by atoms with Crippen LogP contribution in [0, 0.1) is 11.8 Å². The van der Waals surface area contributed by atoms with Crippen LogP contribution in [0.1, 0.15) is 75.3 Å². The molecule has 0 spiro atoms. The van der Waals surface area contributed by atoms with Gasteiger partial charge in [0.15, 0.2) is 0 Å². The number of phenolic OH excluding ortho intramolecular Hbond substituents is 1. The fraction of sp³-hybridized carbons (Fsp3) is 0.684. The van der Waals surface area contributed by atoms with Crippen LogP contribution in [0.25, 0.3) is 0 Å². The van der Waals surface area contributed by atoms with Crippen LogP contribution < -0.4 is 0 Å². The van der Waals surface area contributed by atoms with Gasteiger partial charge in [-0.2, -0.15) is 0 Å². The molecule has 2 aliphatic rings. The van der Waals surface area contributed by atoms with Crippen molar-refractivity contribution in [2.75, 3.05) is 0 Å². The second-order valence-corrected chi connectivity index (χ2v) is 6.96. The molecule has 1 nitrogen and oxygen atoms in total. The zero-order valence-electron chi connectivity index (χ0n) is 12.8.